The molecule has 0 heterocycles. The van der Waals surface area contributed by atoms with Gasteiger partial charge in [-0.25, -0.2) is 0 Å². The molecule has 2 unspecified atom stereocenters. The summed E-state index contributed by atoms with van der Waals surface area (Å²) in [6.45, 7) is 17.1. The van der Waals surface area contributed by atoms with Crippen molar-refractivity contribution in [3.63, 3.8) is 0 Å². The molecule has 2 aromatic rings. The lowest BCUT2D eigenvalue weighted by atomic mass is 9.93. The molecule has 0 aromatic heterocycles. The number of ether oxygens (including phenoxy) is 1. The Kier molecular flexibility index (Phi) is 9.62. The number of phenolic OH excluding ortho intramolecular Hbond substituents is 1. The third-order valence-corrected chi connectivity index (χ3v) is 6.08. The van der Waals surface area contributed by atoms with Gasteiger partial charge in [0.2, 0.25) is 0 Å². The lowest BCUT2D eigenvalue weighted by molar-refractivity contribution is 0.444. The molecule has 2 rings (SSSR count). The van der Waals surface area contributed by atoms with Gasteiger partial charge in [-0.1, -0.05) is 49.3 Å². The molecule has 1 N–H and O–H groups in total. The summed E-state index contributed by atoms with van der Waals surface area (Å²) in [6.07, 6.45) is 8.73. The van der Waals surface area contributed by atoms with Crippen molar-refractivity contribution >= 4 is 0 Å². The summed E-state index contributed by atoms with van der Waals surface area (Å²) in [5.41, 5.74) is 7.03. The molecule has 0 radical (unpaired) electrons. The predicted molar refractivity (Wildman–Crippen MR) is 138 cm³/mol. The van der Waals surface area contributed by atoms with E-state index in [4.69, 9.17) is 4.74 Å². The smallest absolute Gasteiger partial charge is 0.131 e. The van der Waals surface area contributed by atoms with Gasteiger partial charge < -0.3 is 9.84 Å². The van der Waals surface area contributed by atoms with Gasteiger partial charge in [0.05, 0.1) is 0 Å². The fourth-order valence-corrected chi connectivity index (χ4v) is 4.00. The molecule has 2 aromatic carbocycles. The highest BCUT2D eigenvalue weighted by atomic mass is 16.5. The molecule has 0 aliphatic heterocycles. The largest absolute Gasteiger partial charge is 0.508 e. The molecule has 174 valence electrons. The number of hydrogen-bond acceptors (Lipinski definition) is 2. The van der Waals surface area contributed by atoms with E-state index in [9.17, 15) is 5.11 Å². The van der Waals surface area contributed by atoms with E-state index >= 15 is 0 Å². The second-order valence-electron chi connectivity index (χ2n) is 9.84. The van der Waals surface area contributed by atoms with Crippen LogP contribution in [-0.4, -0.2) is 5.11 Å². The number of allylic oxidation sites excluding steroid dienone is 4. The van der Waals surface area contributed by atoms with Gasteiger partial charge in [-0.05, 0) is 114 Å². The summed E-state index contributed by atoms with van der Waals surface area (Å²) < 4.78 is 6.52. The van der Waals surface area contributed by atoms with E-state index in [0.717, 1.165) is 48.3 Å². The van der Waals surface area contributed by atoms with Gasteiger partial charge in [-0.2, -0.15) is 0 Å². The van der Waals surface area contributed by atoms with Crippen LogP contribution >= 0.6 is 0 Å². The van der Waals surface area contributed by atoms with Crippen LogP contribution in [0, 0.1) is 13.8 Å². The van der Waals surface area contributed by atoms with Crippen LogP contribution in [0.1, 0.15) is 101 Å². The van der Waals surface area contributed by atoms with Gasteiger partial charge in [0.1, 0.15) is 17.2 Å². The van der Waals surface area contributed by atoms with Crippen LogP contribution in [0.2, 0.25) is 0 Å². The van der Waals surface area contributed by atoms with Crippen LogP contribution in [-0.2, 0) is 0 Å². The summed E-state index contributed by atoms with van der Waals surface area (Å²) in [5.74, 6) is 2.77. The highest BCUT2D eigenvalue weighted by molar-refractivity contribution is 5.50. The van der Waals surface area contributed by atoms with Crippen molar-refractivity contribution in [2.45, 2.75) is 92.9 Å². The number of rotatable bonds is 10. The fraction of sp³-hybridized carbons (Fsp3) is 0.467. The Hall–Kier alpha value is -2.48. The maximum absolute atomic E-state index is 10.6. The van der Waals surface area contributed by atoms with Crippen LogP contribution in [0.3, 0.4) is 0 Å². The lowest BCUT2D eigenvalue weighted by Gasteiger charge is -2.20. The van der Waals surface area contributed by atoms with Gasteiger partial charge in [0.15, 0.2) is 0 Å². The monoisotopic (exact) mass is 434 g/mol. The van der Waals surface area contributed by atoms with E-state index < -0.39 is 0 Å². The van der Waals surface area contributed by atoms with E-state index in [1.807, 2.05) is 19.1 Å². The highest BCUT2D eigenvalue weighted by Crippen LogP contribution is 2.39. The number of phenols is 1. The van der Waals surface area contributed by atoms with Crippen LogP contribution in [0.4, 0.5) is 0 Å². The summed E-state index contributed by atoms with van der Waals surface area (Å²) in [4.78, 5) is 0. The maximum atomic E-state index is 10.6. The first kappa shape index (κ1) is 25.8. The Morgan fingerprint density at radius 2 is 1.38 bits per heavy atom. The Bertz CT molecular complexity index is 957. The Morgan fingerprint density at radius 3 is 1.94 bits per heavy atom. The molecule has 0 saturated heterocycles. The molecular weight excluding hydrogens is 392 g/mol. The number of benzene rings is 2. The third kappa shape index (κ3) is 7.58. The van der Waals surface area contributed by atoms with E-state index in [1.165, 1.54) is 22.3 Å². The third-order valence-electron chi connectivity index (χ3n) is 6.08. The van der Waals surface area contributed by atoms with Crippen LogP contribution in [0.15, 0.2) is 53.6 Å². The normalized spacial score (nSPS) is 12.8. The summed E-state index contributed by atoms with van der Waals surface area (Å²) in [5, 5.41) is 10.6. The van der Waals surface area contributed by atoms with E-state index in [2.05, 4.69) is 78.8 Å². The van der Waals surface area contributed by atoms with Crippen molar-refractivity contribution in [1.82, 2.24) is 0 Å². The van der Waals surface area contributed by atoms with Gasteiger partial charge in [0.25, 0.3) is 0 Å². The fourth-order valence-electron chi connectivity index (χ4n) is 4.00. The van der Waals surface area contributed by atoms with Crippen molar-refractivity contribution in [3.8, 4) is 17.2 Å². The van der Waals surface area contributed by atoms with E-state index in [-0.39, 0.29) is 5.92 Å². The van der Waals surface area contributed by atoms with Crippen molar-refractivity contribution in [2.75, 3.05) is 0 Å². The van der Waals surface area contributed by atoms with Gasteiger partial charge in [-0.3, -0.25) is 0 Å². The SMILES string of the molecule is CC(C)=CCCC(C)c1cc(Oc2cc(C)ccc2C(C)CCC=C(C)C)c(C)cc1O. The molecule has 0 aliphatic carbocycles. The maximum Gasteiger partial charge on any atom is 0.131 e. The number of hydrogen-bond donors (Lipinski definition) is 1. The minimum absolute atomic E-state index is 0.258. The number of aromatic hydroxyl groups is 1. The van der Waals surface area contributed by atoms with E-state index in [0.29, 0.717) is 11.7 Å². The quantitative estimate of drug-likeness (QED) is 0.377. The molecule has 0 saturated carbocycles. The number of aryl methyl sites for hydroxylation is 2. The molecule has 0 aliphatic rings. The topological polar surface area (TPSA) is 29.5 Å². The zero-order valence-electron chi connectivity index (χ0n) is 21.4. The average Bonchev–Trinajstić information content (AvgIpc) is 2.69. The average molecular weight is 435 g/mol. The van der Waals surface area contributed by atoms with Crippen LogP contribution in [0.5, 0.6) is 17.2 Å². The Morgan fingerprint density at radius 1 is 0.812 bits per heavy atom. The second kappa shape index (κ2) is 11.9. The summed E-state index contributed by atoms with van der Waals surface area (Å²) in [7, 11) is 0. The summed E-state index contributed by atoms with van der Waals surface area (Å²) in [6, 6.07) is 10.4. The second-order valence-corrected chi connectivity index (χ2v) is 9.84. The molecule has 2 nitrogen and oxygen atoms in total. The molecule has 2 heteroatoms. The van der Waals surface area contributed by atoms with Crippen molar-refractivity contribution in [2.24, 2.45) is 0 Å². The summed E-state index contributed by atoms with van der Waals surface area (Å²) >= 11 is 0. The van der Waals surface area contributed by atoms with Crippen molar-refractivity contribution < 1.29 is 9.84 Å². The molecule has 0 fully saturated rings. The Balaban J connectivity index is 2.30. The van der Waals surface area contributed by atoms with Crippen LogP contribution < -0.4 is 4.74 Å². The molecule has 0 spiro atoms. The highest BCUT2D eigenvalue weighted by Gasteiger charge is 2.17. The zero-order valence-corrected chi connectivity index (χ0v) is 21.4. The first-order valence-corrected chi connectivity index (χ1v) is 12.0. The Labute approximate surface area is 196 Å². The lowest BCUT2D eigenvalue weighted by Crippen LogP contribution is -2.01. The molecule has 2 atom stereocenters. The minimum Gasteiger partial charge on any atom is -0.508 e. The molecule has 0 bridgehead atoms. The van der Waals surface area contributed by atoms with E-state index in [1.54, 1.807) is 0 Å². The molecule has 0 amide bonds. The molecule has 32 heavy (non-hydrogen) atoms. The van der Waals surface area contributed by atoms with Crippen LogP contribution in [0.25, 0.3) is 0 Å². The van der Waals surface area contributed by atoms with Gasteiger partial charge in [0, 0.05) is 5.56 Å². The predicted octanol–water partition coefficient (Wildman–Crippen LogP) is 9.50. The minimum atomic E-state index is 0.258. The zero-order chi connectivity index (χ0) is 23.8. The first-order valence-electron chi connectivity index (χ1n) is 12.0. The van der Waals surface area contributed by atoms with Crippen molar-refractivity contribution in [1.29, 1.82) is 0 Å². The first-order chi connectivity index (χ1) is 15.1. The molecular formula is C30H42O2. The standard InChI is InChI=1S/C30H42O2/c1-20(2)11-9-13-23(6)26-16-15-22(5)17-30(26)32-29-19-27(28(31)18-25(29)8)24(7)14-10-12-21(3)4/h11-12,15-19,23-24,31H,9-10,13-14H2,1-8H3. The van der Waals surface area contributed by atoms with Crippen molar-refractivity contribution in [3.05, 3.63) is 75.9 Å². The van der Waals surface area contributed by atoms with Gasteiger partial charge >= 0.3 is 0 Å². The van der Waals surface area contributed by atoms with Gasteiger partial charge in [-0.15, -0.1) is 0 Å².